The first-order valence-electron chi connectivity index (χ1n) is 4.41. The van der Waals surface area contributed by atoms with Gasteiger partial charge in [0.2, 0.25) is 5.89 Å². The fourth-order valence-electron chi connectivity index (χ4n) is 1.27. The normalized spacial score (nSPS) is 10.7. The quantitative estimate of drug-likeness (QED) is 0.733. The number of alkyl halides is 1. The van der Waals surface area contributed by atoms with E-state index in [1.165, 1.54) is 0 Å². The number of hydrogen-bond donors (Lipinski definition) is 0. The number of halogens is 1. The molecule has 2 aromatic rings. The van der Waals surface area contributed by atoms with Crippen molar-refractivity contribution in [3.63, 3.8) is 0 Å². The third-order valence-corrected chi connectivity index (χ3v) is 2.06. The molecule has 0 saturated carbocycles. The van der Waals surface area contributed by atoms with Crippen LogP contribution in [0.1, 0.15) is 12.8 Å². The molecule has 0 aliphatic rings. The van der Waals surface area contributed by atoms with Crippen molar-refractivity contribution >= 4 is 22.7 Å². The molecule has 74 valence electrons. The molecule has 1 aromatic carbocycles. The number of rotatable bonds is 3. The zero-order valence-electron chi connectivity index (χ0n) is 7.79. The van der Waals surface area contributed by atoms with E-state index in [9.17, 15) is 0 Å². The Hall–Kier alpha value is -1.22. The Bertz CT molecular complexity index is 439. The Morgan fingerprint density at radius 2 is 2.36 bits per heavy atom. The van der Waals surface area contributed by atoms with Gasteiger partial charge in [0.05, 0.1) is 12.5 Å². The molecule has 0 spiro atoms. The molecule has 0 unspecified atom stereocenters. The average Bonchev–Trinajstić information content (AvgIpc) is 2.60. The third-order valence-electron chi connectivity index (χ3n) is 1.83. The van der Waals surface area contributed by atoms with E-state index in [0.717, 1.165) is 11.3 Å². The van der Waals surface area contributed by atoms with Crippen molar-refractivity contribution < 1.29 is 9.15 Å². The van der Waals surface area contributed by atoms with E-state index in [2.05, 4.69) is 4.98 Å². The van der Waals surface area contributed by atoms with Gasteiger partial charge in [-0.3, -0.25) is 0 Å². The number of nitrogens with zero attached hydrogens (tertiary/aromatic N) is 1. The predicted molar refractivity (Wildman–Crippen MR) is 54.7 cm³/mol. The van der Waals surface area contributed by atoms with Crippen molar-refractivity contribution in [2.24, 2.45) is 0 Å². The first-order chi connectivity index (χ1) is 6.83. The van der Waals surface area contributed by atoms with Gasteiger partial charge in [-0.1, -0.05) is 0 Å². The highest BCUT2D eigenvalue weighted by atomic mass is 35.5. The lowest BCUT2D eigenvalue weighted by molar-refractivity contribution is 0.340. The van der Waals surface area contributed by atoms with Crippen LogP contribution >= 0.6 is 11.6 Å². The molecule has 4 heteroatoms. The van der Waals surface area contributed by atoms with Crippen molar-refractivity contribution in [3.8, 4) is 5.75 Å². The van der Waals surface area contributed by atoms with E-state index in [1.807, 2.05) is 25.1 Å². The van der Waals surface area contributed by atoms with Crippen molar-refractivity contribution in [2.45, 2.75) is 12.8 Å². The minimum atomic E-state index is 0.290. The summed E-state index contributed by atoms with van der Waals surface area (Å²) in [5, 5.41) is 0. The second kappa shape index (κ2) is 3.88. The van der Waals surface area contributed by atoms with E-state index >= 15 is 0 Å². The van der Waals surface area contributed by atoms with Gasteiger partial charge in [-0.25, -0.2) is 4.98 Å². The van der Waals surface area contributed by atoms with Gasteiger partial charge in [0.1, 0.15) is 11.3 Å². The first-order valence-corrected chi connectivity index (χ1v) is 4.95. The smallest absolute Gasteiger partial charge is 0.210 e. The van der Waals surface area contributed by atoms with E-state index in [4.69, 9.17) is 20.8 Å². The summed E-state index contributed by atoms with van der Waals surface area (Å²) < 4.78 is 10.7. The molecule has 1 aromatic heterocycles. The number of ether oxygens (including phenoxy) is 1. The summed E-state index contributed by atoms with van der Waals surface area (Å²) >= 11 is 5.61. The topological polar surface area (TPSA) is 35.3 Å². The SMILES string of the molecule is CCOc1ccc2nc(CCl)oc2c1. The molecule has 1 heterocycles. The van der Waals surface area contributed by atoms with Crippen LogP contribution in [0, 0.1) is 0 Å². The summed E-state index contributed by atoms with van der Waals surface area (Å²) in [6, 6.07) is 5.55. The number of hydrogen-bond acceptors (Lipinski definition) is 3. The van der Waals surface area contributed by atoms with Crippen LogP contribution in [0.25, 0.3) is 11.1 Å². The summed E-state index contributed by atoms with van der Waals surface area (Å²) in [6.07, 6.45) is 0. The van der Waals surface area contributed by atoms with Crippen molar-refractivity contribution in [1.29, 1.82) is 0 Å². The molecule has 2 rings (SSSR count). The summed E-state index contributed by atoms with van der Waals surface area (Å²) in [6.45, 7) is 2.58. The van der Waals surface area contributed by atoms with Gasteiger partial charge in [0, 0.05) is 6.07 Å². The number of oxazole rings is 1. The third kappa shape index (κ3) is 1.68. The standard InChI is InChI=1S/C10H10ClNO2/c1-2-13-7-3-4-8-9(5-7)14-10(6-11)12-8/h3-5H,2,6H2,1H3. The lowest BCUT2D eigenvalue weighted by atomic mass is 10.3. The molecule has 0 radical (unpaired) electrons. The first kappa shape index (κ1) is 9.34. The second-order valence-electron chi connectivity index (χ2n) is 2.80. The molecule has 0 N–H and O–H groups in total. The van der Waals surface area contributed by atoms with Crippen LogP contribution in [-0.4, -0.2) is 11.6 Å². The van der Waals surface area contributed by atoms with Crippen LogP contribution in [0.4, 0.5) is 0 Å². The van der Waals surface area contributed by atoms with Gasteiger partial charge in [-0.15, -0.1) is 11.6 Å². The van der Waals surface area contributed by atoms with Crippen LogP contribution in [0.3, 0.4) is 0 Å². The van der Waals surface area contributed by atoms with Crippen LogP contribution in [0.2, 0.25) is 0 Å². The zero-order valence-corrected chi connectivity index (χ0v) is 8.54. The van der Waals surface area contributed by atoms with E-state index in [-0.39, 0.29) is 0 Å². The lowest BCUT2D eigenvalue weighted by Crippen LogP contribution is -1.90. The van der Waals surface area contributed by atoms with Gasteiger partial charge >= 0.3 is 0 Å². The van der Waals surface area contributed by atoms with Gasteiger partial charge in [0.25, 0.3) is 0 Å². The maximum atomic E-state index is 5.61. The van der Waals surface area contributed by atoms with E-state index < -0.39 is 0 Å². The highest BCUT2D eigenvalue weighted by molar-refractivity contribution is 6.16. The second-order valence-corrected chi connectivity index (χ2v) is 3.07. The van der Waals surface area contributed by atoms with Crippen molar-refractivity contribution in [1.82, 2.24) is 4.98 Å². The Morgan fingerprint density at radius 1 is 1.50 bits per heavy atom. The lowest BCUT2D eigenvalue weighted by Gasteiger charge is -2.00. The van der Waals surface area contributed by atoms with Crippen LogP contribution in [0.15, 0.2) is 22.6 Å². The molecule has 3 nitrogen and oxygen atoms in total. The Kier molecular flexibility index (Phi) is 2.59. The van der Waals surface area contributed by atoms with Gasteiger partial charge in [-0.2, -0.15) is 0 Å². The number of fused-ring (bicyclic) bond motifs is 1. The monoisotopic (exact) mass is 211 g/mol. The summed E-state index contributed by atoms with van der Waals surface area (Å²) in [5.41, 5.74) is 1.52. The fourth-order valence-corrected chi connectivity index (χ4v) is 1.38. The van der Waals surface area contributed by atoms with Crippen LogP contribution in [-0.2, 0) is 5.88 Å². The average molecular weight is 212 g/mol. The molecule has 14 heavy (non-hydrogen) atoms. The van der Waals surface area contributed by atoms with Crippen molar-refractivity contribution in [2.75, 3.05) is 6.61 Å². The molecule has 0 fully saturated rings. The number of benzene rings is 1. The maximum Gasteiger partial charge on any atom is 0.210 e. The number of aromatic nitrogens is 1. The largest absolute Gasteiger partial charge is 0.494 e. The molecule has 0 saturated heterocycles. The Labute approximate surface area is 86.6 Å². The molecule has 0 atom stereocenters. The molecule has 0 aliphatic carbocycles. The Balaban J connectivity index is 2.43. The Morgan fingerprint density at radius 3 is 3.07 bits per heavy atom. The van der Waals surface area contributed by atoms with E-state index in [1.54, 1.807) is 0 Å². The van der Waals surface area contributed by atoms with Gasteiger partial charge < -0.3 is 9.15 Å². The molecular weight excluding hydrogens is 202 g/mol. The summed E-state index contributed by atoms with van der Waals surface area (Å²) in [5.74, 6) is 1.62. The van der Waals surface area contributed by atoms with Gasteiger partial charge in [0.15, 0.2) is 5.58 Å². The summed E-state index contributed by atoms with van der Waals surface area (Å²) in [4.78, 5) is 4.18. The molecule has 0 bridgehead atoms. The predicted octanol–water partition coefficient (Wildman–Crippen LogP) is 2.97. The van der Waals surface area contributed by atoms with Crippen molar-refractivity contribution in [3.05, 3.63) is 24.1 Å². The van der Waals surface area contributed by atoms with Gasteiger partial charge in [-0.05, 0) is 19.1 Å². The van der Waals surface area contributed by atoms with Crippen LogP contribution in [0.5, 0.6) is 5.75 Å². The highest BCUT2D eigenvalue weighted by Gasteiger charge is 2.05. The molecular formula is C10H10ClNO2. The zero-order chi connectivity index (χ0) is 9.97. The fraction of sp³-hybridized carbons (Fsp3) is 0.300. The molecule has 0 aliphatic heterocycles. The highest BCUT2D eigenvalue weighted by Crippen LogP contribution is 2.22. The van der Waals surface area contributed by atoms with Crippen LogP contribution < -0.4 is 4.74 Å². The maximum absolute atomic E-state index is 5.61. The minimum Gasteiger partial charge on any atom is -0.494 e. The minimum absolute atomic E-state index is 0.290. The molecule has 0 amide bonds. The van der Waals surface area contributed by atoms with E-state index in [0.29, 0.717) is 24.0 Å². The summed E-state index contributed by atoms with van der Waals surface area (Å²) in [7, 11) is 0.